The van der Waals surface area contributed by atoms with Gasteiger partial charge in [0, 0.05) is 11.6 Å². The Hall–Kier alpha value is -1.78. The molecule has 0 N–H and O–H groups in total. The number of benzene rings is 1. The van der Waals surface area contributed by atoms with E-state index in [4.69, 9.17) is 0 Å². The molecule has 0 atom stereocenters. The molecule has 0 unspecified atom stereocenters. The van der Waals surface area contributed by atoms with Crippen LogP contribution >= 0.6 is 0 Å². The summed E-state index contributed by atoms with van der Waals surface area (Å²) in [6.07, 6.45) is -4.21. The van der Waals surface area contributed by atoms with Crippen molar-refractivity contribution in [1.82, 2.24) is 0 Å². The van der Waals surface area contributed by atoms with Crippen molar-refractivity contribution < 1.29 is 22.7 Å². The minimum Gasteiger partial charge on any atom is -0.492 e. The predicted molar refractivity (Wildman–Crippen MR) is 51.9 cm³/mol. The predicted octanol–water partition coefficient (Wildman–Crippen LogP) is 2.96. The van der Waals surface area contributed by atoms with Gasteiger partial charge < -0.3 is 4.74 Å². The minimum absolute atomic E-state index is 0.182. The average molecular weight is 230 g/mol. The third kappa shape index (κ3) is 3.12. The van der Waals surface area contributed by atoms with Crippen molar-refractivity contribution in [3.8, 4) is 0 Å². The number of halogens is 3. The Balaban J connectivity index is 2.96. The van der Waals surface area contributed by atoms with Crippen LogP contribution in [0.25, 0.3) is 0 Å². The summed E-state index contributed by atoms with van der Waals surface area (Å²) in [5, 5.41) is 0. The van der Waals surface area contributed by atoms with Gasteiger partial charge in [-0.3, -0.25) is 4.79 Å². The van der Waals surface area contributed by atoms with E-state index in [0.717, 1.165) is 7.11 Å². The fourth-order valence-electron chi connectivity index (χ4n) is 1.06. The van der Waals surface area contributed by atoms with Gasteiger partial charge in [0.2, 0.25) is 5.76 Å². The van der Waals surface area contributed by atoms with Crippen LogP contribution in [0.5, 0.6) is 0 Å². The highest BCUT2D eigenvalue weighted by molar-refractivity contribution is 6.04. The van der Waals surface area contributed by atoms with Gasteiger partial charge in [-0.05, 0) is 0 Å². The number of hydrogen-bond acceptors (Lipinski definition) is 2. The molecular weight excluding hydrogens is 221 g/mol. The summed E-state index contributed by atoms with van der Waals surface area (Å²) in [6.45, 7) is 0. The monoisotopic (exact) mass is 230 g/mol. The third-order valence-electron chi connectivity index (χ3n) is 1.82. The highest BCUT2D eigenvalue weighted by Gasteiger charge is 2.35. The SMILES string of the molecule is CO/C(=C\C(=O)c1ccccc1)C(F)(F)F. The van der Waals surface area contributed by atoms with Crippen molar-refractivity contribution in [1.29, 1.82) is 0 Å². The van der Waals surface area contributed by atoms with Crippen LogP contribution < -0.4 is 0 Å². The van der Waals surface area contributed by atoms with Gasteiger partial charge in [0.1, 0.15) is 0 Å². The van der Waals surface area contributed by atoms with Crippen molar-refractivity contribution in [3.63, 3.8) is 0 Å². The van der Waals surface area contributed by atoms with Crippen LogP contribution in [0.3, 0.4) is 0 Å². The first kappa shape index (κ1) is 12.3. The fraction of sp³-hybridized carbons (Fsp3) is 0.182. The van der Waals surface area contributed by atoms with Crippen molar-refractivity contribution in [2.75, 3.05) is 7.11 Å². The maximum absolute atomic E-state index is 12.3. The molecule has 0 amide bonds. The molecule has 0 aliphatic carbocycles. The van der Waals surface area contributed by atoms with Gasteiger partial charge in [0.05, 0.1) is 7.11 Å². The maximum atomic E-state index is 12.3. The molecule has 1 aromatic carbocycles. The summed E-state index contributed by atoms with van der Waals surface area (Å²) in [6, 6.07) is 7.68. The van der Waals surface area contributed by atoms with Crippen molar-refractivity contribution in [2.45, 2.75) is 6.18 Å². The molecule has 0 aromatic heterocycles. The standard InChI is InChI=1S/C11H9F3O2/c1-16-10(11(12,13)14)7-9(15)8-5-3-2-4-6-8/h2-7H,1H3/b10-7-. The van der Waals surface area contributed by atoms with Gasteiger partial charge in [-0.2, -0.15) is 13.2 Å². The molecule has 1 rings (SSSR count). The molecule has 0 heterocycles. The number of ether oxygens (including phenoxy) is 1. The second-order valence-electron chi connectivity index (χ2n) is 2.94. The first-order chi connectivity index (χ1) is 7.45. The third-order valence-corrected chi connectivity index (χ3v) is 1.82. The summed E-state index contributed by atoms with van der Waals surface area (Å²) < 4.78 is 40.9. The molecule has 16 heavy (non-hydrogen) atoms. The van der Waals surface area contributed by atoms with Crippen LogP contribution in [0, 0.1) is 0 Å². The molecule has 0 spiro atoms. The molecule has 0 aliphatic heterocycles. The molecule has 0 fully saturated rings. The number of allylic oxidation sites excluding steroid dienone is 2. The summed E-state index contributed by atoms with van der Waals surface area (Å²) in [5.41, 5.74) is 0.182. The van der Waals surface area contributed by atoms with Crippen molar-refractivity contribution in [2.24, 2.45) is 0 Å². The molecule has 1 aromatic rings. The van der Waals surface area contributed by atoms with E-state index in [1.54, 1.807) is 18.2 Å². The van der Waals surface area contributed by atoms with Gasteiger partial charge in [-0.25, -0.2) is 0 Å². The van der Waals surface area contributed by atoms with Gasteiger partial charge in [0.15, 0.2) is 5.78 Å². The zero-order valence-electron chi connectivity index (χ0n) is 8.41. The van der Waals surface area contributed by atoms with E-state index < -0.39 is 17.7 Å². The molecule has 5 heteroatoms. The first-order valence-corrected chi connectivity index (χ1v) is 4.37. The lowest BCUT2D eigenvalue weighted by Crippen LogP contribution is -2.15. The van der Waals surface area contributed by atoms with Crippen LogP contribution in [0.1, 0.15) is 10.4 Å². The van der Waals surface area contributed by atoms with Crippen LogP contribution in [-0.4, -0.2) is 19.1 Å². The van der Waals surface area contributed by atoms with Gasteiger partial charge >= 0.3 is 6.18 Å². The van der Waals surface area contributed by atoms with Gasteiger partial charge in [-0.15, -0.1) is 0 Å². The molecule has 2 nitrogen and oxygen atoms in total. The molecule has 0 bridgehead atoms. The topological polar surface area (TPSA) is 26.3 Å². The molecule has 0 radical (unpaired) electrons. The smallest absolute Gasteiger partial charge is 0.449 e. The first-order valence-electron chi connectivity index (χ1n) is 4.37. The van der Waals surface area contributed by atoms with Crippen LogP contribution in [0.4, 0.5) is 13.2 Å². The van der Waals surface area contributed by atoms with E-state index in [0.29, 0.717) is 6.08 Å². The average Bonchev–Trinajstić information content (AvgIpc) is 2.25. The van der Waals surface area contributed by atoms with E-state index in [1.165, 1.54) is 12.1 Å². The number of hydrogen-bond donors (Lipinski definition) is 0. The highest BCUT2D eigenvalue weighted by atomic mass is 19.4. The Labute approximate surface area is 90.3 Å². The Bertz CT molecular complexity index is 393. The van der Waals surface area contributed by atoms with Crippen LogP contribution in [0.2, 0.25) is 0 Å². The zero-order chi connectivity index (χ0) is 12.2. The van der Waals surface area contributed by atoms with Crippen molar-refractivity contribution >= 4 is 5.78 Å². The van der Waals surface area contributed by atoms with Crippen molar-refractivity contribution in [3.05, 3.63) is 47.7 Å². The number of methoxy groups -OCH3 is 1. The summed E-state index contributed by atoms with van der Waals surface area (Å²) >= 11 is 0. The minimum atomic E-state index is -4.65. The normalized spacial score (nSPS) is 12.4. The second kappa shape index (κ2) is 4.83. The number of alkyl halides is 3. The van der Waals surface area contributed by atoms with E-state index in [2.05, 4.69) is 4.74 Å². The number of rotatable bonds is 3. The molecule has 0 aliphatic rings. The Kier molecular flexibility index (Phi) is 3.71. The number of carbonyl (C=O) groups is 1. The molecule has 0 saturated heterocycles. The van der Waals surface area contributed by atoms with E-state index in [1.807, 2.05) is 0 Å². The summed E-state index contributed by atoms with van der Waals surface area (Å²) in [5.74, 6) is -2.05. The van der Waals surface area contributed by atoms with E-state index >= 15 is 0 Å². The summed E-state index contributed by atoms with van der Waals surface area (Å²) in [4.78, 5) is 11.4. The Morgan fingerprint density at radius 1 is 1.25 bits per heavy atom. The van der Waals surface area contributed by atoms with E-state index in [-0.39, 0.29) is 5.56 Å². The second-order valence-corrected chi connectivity index (χ2v) is 2.94. The number of carbonyl (C=O) groups excluding carboxylic acids is 1. The maximum Gasteiger partial charge on any atom is 0.449 e. The van der Waals surface area contributed by atoms with Gasteiger partial charge in [-0.1, -0.05) is 30.3 Å². The summed E-state index contributed by atoms with van der Waals surface area (Å²) in [7, 11) is 0.873. The Morgan fingerprint density at radius 2 is 1.81 bits per heavy atom. The molecular formula is C11H9F3O2. The fourth-order valence-corrected chi connectivity index (χ4v) is 1.06. The quantitative estimate of drug-likeness (QED) is 0.453. The van der Waals surface area contributed by atoms with E-state index in [9.17, 15) is 18.0 Å². The van der Waals surface area contributed by atoms with Crippen LogP contribution in [0.15, 0.2) is 42.2 Å². The van der Waals surface area contributed by atoms with Gasteiger partial charge in [0.25, 0.3) is 0 Å². The highest BCUT2D eigenvalue weighted by Crippen LogP contribution is 2.26. The molecule has 0 saturated carbocycles. The zero-order valence-corrected chi connectivity index (χ0v) is 8.41. The lowest BCUT2D eigenvalue weighted by Gasteiger charge is -2.09. The largest absolute Gasteiger partial charge is 0.492 e. The lowest BCUT2D eigenvalue weighted by molar-refractivity contribution is -0.125. The lowest BCUT2D eigenvalue weighted by atomic mass is 10.1. The van der Waals surface area contributed by atoms with Crippen LogP contribution in [-0.2, 0) is 4.74 Å². The number of ketones is 1. The molecule has 86 valence electrons. The Morgan fingerprint density at radius 3 is 2.25 bits per heavy atom.